The molecule has 9 heteroatoms. The van der Waals surface area contributed by atoms with E-state index in [2.05, 4.69) is 10.6 Å². The predicted octanol–water partition coefficient (Wildman–Crippen LogP) is 2.00. The van der Waals surface area contributed by atoms with Gasteiger partial charge in [0, 0.05) is 12.1 Å². The predicted molar refractivity (Wildman–Crippen MR) is 114 cm³/mol. The van der Waals surface area contributed by atoms with Gasteiger partial charge in [0.15, 0.2) is 11.5 Å². The van der Waals surface area contributed by atoms with E-state index in [1.54, 1.807) is 12.1 Å². The molecule has 0 aromatic heterocycles. The minimum Gasteiger partial charge on any atom is -0.493 e. The number of ether oxygens (including phenoxy) is 3. The van der Waals surface area contributed by atoms with Gasteiger partial charge in [-0.1, -0.05) is 12.1 Å². The number of carbonyl (C=O) groups is 2. The summed E-state index contributed by atoms with van der Waals surface area (Å²) in [7, 11) is 8.05. The molecule has 0 aliphatic heterocycles. The maximum Gasteiger partial charge on any atom is 0.251 e. The third-order valence-electron chi connectivity index (χ3n) is 4.69. The van der Waals surface area contributed by atoms with Crippen LogP contribution in [0.1, 0.15) is 22.0 Å². The highest BCUT2D eigenvalue weighted by Gasteiger charge is 2.19. The molecule has 168 valence electrons. The van der Waals surface area contributed by atoms with Crippen LogP contribution in [-0.2, 0) is 4.79 Å². The molecule has 2 rings (SSSR count). The first kappa shape index (κ1) is 23.9. The van der Waals surface area contributed by atoms with Gasteiger partial charge in [-0.05, 0) is 43.9 Å². The van der Waals surface area contributed by atoms with Crippen molar-refractivity contribution in [2.24, 2.45) is 0 Å². The van der Waals surface area contributed by atoms with Crippen molar-refractivity contribution in [3.8, 4) is 17.2 Å². The molecule has 8 nitrogen and oxygen atoms in total. The van der Waals surface area contributed by atoms with Crippen LogP contribution in [0, 0.1) is 5.82 Å². The van der Waals surface area contributed by atoms with Crippen LogP contribution in [0.3, 0.4) is 0 Å². The van der Waals surface area contributed by atoms with Crippen molar-refractivity contribution in [1.29, 1.82) is 0 Å². The lowest BCUT2D eigenvalue weighted by Crippen LogP contribution is -2.40. The Morgan fingerprint density at radius 3 is 2.16 bits per heavy atom. The molecule has 0 fully saturated rings. The molecule has 2 N–H and O–H groups in total. The highest BCUT2D eigenvalue weighted by molar-refractivity contribution is 5.97. The number of carbonyl (C=O) groups excluding carboxylic acids is 2. The summed E-state index contributed by atoms with van der Waals surface area (Å²) >= 11 is 0. The largest absolute Gasteiger partial charge is 0.493 e. The van der Waals surface area contributed by atoms with Crippen molar-refractivity contribution in [2.75, 3.05) is 48.5 Å². The summed E-state index contributed by atoms with van der Waals surface area (Å²) in [5, 5.41) is 5.33. The minimum atomic E-state index is -0.469. The van der Waals surface area contributed by atoms with E-state index in [0.29, 0.717) is 17.2 Å². The molecule has 0 aliphatic carbocycles. The van der Waals surface area contributed by atoms with Gasteiger partial charge in [-0.2, -0.15) is 0 Å². The molecule has 0 saturated heterocycles. The quantitative estimate of drug-likeness (QED) is 0.596. The van der Waals surface area contributed by atoms with E-state index in [1.165, 1.54) is 45.6 Å². The van der Waals surface area contributed by atoms with Crippen LogP contribution in [0.25, 0.3) is 0 Å². The number of hydrogen-bond donors (Lipinski definition) is 2. The summed E-state index contributed by atoms with van der Waals surface area (Å²) in [6, 6.07) is 9.01. The number of methoxy groups -OCH3 is 3. The zero-order chi connectivity index (χ0) is 23.0. The molecule has 0 spiro atoms. The fourth-order valence-electron chi connectivity index (χ4n) is 3.06. The average Bonchev–Trinajstić information content (AvgIpc) is 2.76. The topological polar surface area (TPSA) is 89.1 Å². The van der Waals surface area contributed by atoms with E-state index in [0.717, 1.165) is 5.56 Å². The highest BCUT2D eigenvalue weighted by atomic mass is 19.1. The van der Waals surface area contributed by atoms with Gasteiger partial charge >= 0.3 is 0 Å². The van der Waals surface area contributed by atoms with Gasteiger partial charge in [-0.25, -0.2) is 4.39 Å². The number of likely N-dealkylation sites (N-methyl/N-ethyl adjacent to an activating group) is 1. The van der Waals surface area contributed by atoms with E-state index in [1.807, 2.05) is 19.0 Å². The first-order chi connectivity index (χ1) is 14.8. The molecule has 1 atom stereocenters. The molecule has 1 unspecified atom stereocenters. The van der Waals surface area contributed by atoms with Crippen LogP contribution < -0.4 is 24.8 Å². The number of halogens is 1. The molecule has 0 aliphatic rings. The molecule has 0 radical (unpaired) electrons. The summed E-state index contributed by atoms with van der Waals surface area (Å²) in [5.41, 5.74) is 1.000. The van der Waals surface area contributed by atoms with Gasteiger partial charge in [0.25, 0.3) is 5.91 Å². The SMILES string of the molecule is COc1cc(C(=O)NCC(=O)NCC(c2cccc(F)c2)N(C)C)cc(OC)c1OC. The zero-order valence-corrected chi connectivity index (χ0v) is 18.3. The lowest BCUT2D eigenvalue weighted by Gasteiger charge is -2.25. The van der Waals surface area contributed by atoms with E-state index in [4.69, 9.17) is 14.2 Å². The number of rotatable bonds is 10. The molecular formula is C22H28FN3O5. The first-order valence-corrected chi connectivity index (χ1v) is 9.57. The molecule has 31 heavy (non-hydrogen) atoms. The average molecular weight is 433 g/mol. The van der Waals surface area contributed by atoms with Crippen molar-refractivity contribution in [3.63, 3.8) is 0 Å². The smallest absolute Gasteiger partial charge is 0.251 e. The van der Waals surface area contributed by atoms with E-state index >= 15 is 0 Å². The van der Waals surface area contributed by atoms with Crippen molar-refractivity contribution >= 4 is 11.8 Å². The second kappa shape index (κ2) is 11.2. The number of amides is 2. The molecule has 2 amide bonds. The molecule has 0 heterocycles. The molecule has 0 bridgehead atoms. The second-order valence-electron chi connectivity index (χ2n) is 6.94. The number of nitrogens with zero attached hydrogens (tertiary/aromatic N) is 1. The standard InChI is InChI=1S/C22H28FN3O5/c1-26(2)17(14-7-6-8-16(23)9-14)12-24-20(27)13-25-22(28)15-10-18(29-3)21(31-5)19(11-15)30-4/h6-11,17H,12-13H2,1-5H3,(H,24,27)(H,25,28). The molecule has 2 aromatic rings. The van der Waals surface area contributed by atoms with Gasteiger partial charge in [0.2, 0.25) is 11.7 Å². The van der Waals surface area contributed by atoms with Gasteiger partial charge < -0.3 is 29.7 Å². The van der Waals surface area contributed by atoms with Crippen LogP contribution in [-0.4, -0.2) is 65.2 Å². The van der Waals surface area contributed by atoms with Crippen LogP contribution in [0.15, 0.2) is 36.4 Å². The van der Waals surface area contributed by atoms with Crippen molar-refractivity contribution < 1.29 is 28.2 Å². The Labute approximate surface area is 181 Å². The van der Waals surface area contributed by atoms with Crippen molar-refractivity contribution in [2.45, 2.75) is 6.04 Å². The summed E-state index contributed by atoms with van der Waals surface area (Å²) < 4.78 is 29.2. The van der Waals surface area contributed by atoms with E-state index < -0.39 is 5.91 Å². The Hall–Kier alpha value is -3.33. The zero-order valence-electron chi connectivity index (χ0n) is 18.3. The molecular weight excluding hydrogens is 405 g/mol. The normalized spacial score (nSPS) is 11.6. The molecule has 2 aromatic carbocycles. The van der Waals surface area contributed by atoms with Gasteiger partial charge in [0.1, 0.15) is 5.82 Å². The van der Waals surface area contributed by atoms with Crippen LogP contribution in [0.4, 0.5) is 4.39 Å². The summed E-state index contributed by atoms with van der Waals surface area (Å²) in [4.78, 5) is 26.6. The van der Waals surface area contributed by atoms with Crippen LogP contribution in [0.5, 0.6) is 17.2 Å². The second-order valence-corrected chi connectivity index (χ2v) is 6.94. The summed E-state index contributed by atoms with van der Waals surface area (Å²) in [6.45, 7) is 0.0358. The monoisotopic (exact) mass is 433 g/mol. The third-order valence-corrected chi connectivity index (χ3v) is 4.69. The number of nitrogens with one attached hydrogen (secondary N) is 2. The summed E-state index contributed by atoms with van der Waals surface area (Å²) in [5.74, 6) is -0.145. The Kier molecular flexibility index (Phi) is 8.63. The van der Waals surface area contributed by atoms with E-state index in [9.17, 15) is 14.0 Å². The number of hydrogen-bond acceptors (Lipinski definition) is 6. The van der Waals surface area contributed by atoms with Crippen LogP contribution in [0.2, 0.25) is 0 Å². The Bertz CT molecular complexity index is 895. The van der Waals surface area contributed by atoms with Gasteiger partial charge in [-0.3, -0.25) is 9.59 Å². The first-order valence-electron chi connectivity index (χ1n) is 9.57. The fourth-order valence-corrected chi connectivity index (χ4v) is 3.06. The maximum absolute atomic E-state index is 13.5. The lowest BCUT2D eigenvalue weighted by molar-refractivity contribution is -0.120. The molecule has 0 saturated carbocycles. The minimum absolute atomic E-state index is 0.217. The van der Waals surface area contributed by atoms with Crippen molar-refractivity contribution in [3.05, 3.63) is 53.3 Å². The Morgan fingerprint density at radius 2 is 1.65 bits per heavy atom. The number of benzene rings is 2. The third kappa shape index (κ3) is 6.32. The Morgan fingerprint density at radius 1 is 1.00 bits per heavy atom. The Balaban J connectivity index is 1.98. The van der Waals surface area contributed by atoms with E-state index in [-0.39, 0.29) is 36.4 Å². The van der Waals surface area contributed by atoms with Crippen molar-refractivity contribution in [1.82, 2.24) is 15.5 Å². The fraction of sp³-hybridized carbons (Fsp3) is 0.364. The van der Waals surface area contributed by atoms with Gasteiger partial charge in [0.05, 0.1) is 33.9 Å². The maximum atomic E-state index is 13.5. The highest BCUT2D eigenvalue weighted by Crippen LogP contribution is 2.38. The summed E-state index contributed by atoms with van der Waals surface area (Å²) in [6.07, 6.45) is 0. The lowest BCUT2D eigenvalue weighted by atomic mass is 10.1. The van der Waals surface area contributed by atoms with Crippen LogP contribution >= 0.6 is 0 Å². The van der Waals surface area contributed by atoms with Gasteiger partial charge in [-0.15, -0.1) is 0 Å².